The Bertz CT molecular complexity index is 706. The Labute approximate surface area is 185 Å². The minimum Gasteiger partial charge on any atom is -0.357 e. The molecule has 1 fully saturated rings. The highest BCUT2D eigenvalue weighted by molar-refractivity contribution is 14.0. The Morgan fingerprint density at radius 2 is 1.96 bits per heavy atom. The van der Waals surface area contributed by atoms with Gasteiger partial charge in [-0.15, -0.1) is 24.0 Å². The molecule has 3 rings (SSSR count). The lowest BCUT2D eigenvalue weighted by Gasteiger charge is -2.34. The molecular formula is C21H33IN6. The van der Waals surface area contributed by atoms with E-state index in [0.717, 1.165) is 57.2 Å². The van der Waals surface area contributed by atoms with Gasteiger partial charge in [0.15, 0.2) is 5.96 Å². The highest BCUT2D eigenvalue weighted by Crippen LogP contribution is 2.26. The predicted molar refractivity (Wildman–Crippen MR) is 125 cm³/mol. The topological polar surface area (TPSA) is 69.2 Å². The third kappa shape index (κ3) is 6.46. The maximum absolute atomic E-state index is 4.99. The molecule has 1 aliphatic rings. The van der Waals surface area contributed by atoms with Gasteiger partial charge >= 0.3 is 0 Å². The summed E-state index contributed by atoms with van der Waals surface area (Å²) >= 11 is 0. The number of likely N-dealkylation sites (tertiary alicyclic amines) is 1. The lowest BCUT2D eigenvalue weighted by molar-refractivity contribution is 0.295. The van der Waals surface area contributed by atoms with Crippen LogP contribution in [0.15, 0.2) is 41.7 Å². The van der Waals surface area contributed by atoms with Crippen molar-refractivity contribution in [2.45, 2.75) is 46.0 Å². The molecular weight excluding hydrogens is 463 g/mol. The highest BCUT2D eigenvalue weighted by Gasteiger charge is 2.25. The summed E-state index contributed by atoms with van der Waals surface area (Å²) in [6, 6.07) is 10.7. The molecule has 1 aliphatic heterocycles. The van der Waals surface area contributed by atoms with Crippen LogP contribution in [0.2, 0.25) is 0 Å². The van der Waals surface area contributed by atoms with E-state index in [1.807, 2.05) is 0 Å². The Morgan fingerprint density at radius 3 is 2.57 bits per heavy atom. The van der Waals surface area contributed by atoms with Gasteiger partial charge in [0.2, 0.25) is 0 Å². The molecule has 0 aliphatic carbocycles. The number of nitrogens with one attached hydrogen (secondary N) is 2. The van der Waals surface area contributed by atoms with Crippen molar-refractivity contribution in [1.82, 2.24) is 25.4 Å². The summed E-state index contributed by atoms with van der Waals surface area (Å²) in [6.45, 7) is 10.4. The van der Waals surface area contributed by atoms with Gasteiger partial charge in [-0.25, -0.2) is 4.98 Å². The van der Waals surface area contributed by atoms with E-state index in [9.17, 15) is 0 Å². The van der Waals surface area contributed by atoms with Gasteiger partial charge in [0.25, 0.3) is 0 Å². The van der Waals surface area contributed by atoms with Crippen LogP contribution in [-0.4, -0.2) is 52.2 Å². The summed E-state index contributed by atoms with van der Waals surface area (Å²) in [6.07, 6.45) is 4.78. The van der Waals surface area contributed by atoms with Crippen molar-refractivity contribution in [2.24, 2.45) is 10.4 Å². The standard InChI is InChI=1S/C21H32N6.HI/c1-4-22-20(23-15-21(2,3)14-17-8-6-5-7-9-17)27-12-10-18(11-13-27)19-24-16-25-26-19;/h5-9,16,18H,4,10-15H2,1-3H3,(H,22,23)(H,24,25,26);1H. The molecule has 0 saturated carbocycles. The molecule has 2 aromatic rings. The van der Waals surface area contributed by atoms with E-state index in [-0.39, 0.29) is 29.4 Å². The van der Waals surface area contributed by atoms with E-state index in [2.05, 4.69) is 76.5 Å². The van der Waals surface area contributed by atoms with Crippen LogP contribution in [0.5, 0.6) is 0 Å². The largest absolute Gasteiger partial charge is 0.357 e. The number of hydrogen-bond acceptors (Lipinski definition) is 3. The number of piperidine rings is 1. The molecule has 1 saturated heterocycles. The van der Waals surface area contributed by atoms with Crippen LogP contribution in [0, 0.1) is 5.41 Å². The van der Waals surface area contributed by atoms with Crippen LogP contribution >= 0.6 is 24.0 Å². The van der Waals surface area contributed by atoms with Gasteiger partial charge < -0.3 is 10.2 Å². The minimum atomic E-state index is 0. The third-order valence-electron chi connectivity index (χ3n) is 5.13. The number of hydrogen-bond donors (Lipinski definition) is 2. The lowest BCUT2D eigenvalue weighted by atomic mass is 9.86. The molecule has 154 valence electrons. The number of H-pyrrole nitrogens is 1. The van der Waals surface area contributed by atoms with E-state index < -0.39 is 0 Å². The molecule has 28 heavy (non-hydrogen) atoms. The Hall–Kier alpha value is -1.64. The second kappa shape index (κ2) is 10.8. The fraction of sp³-hybridized carbons (Fsp3) is 0.571. The highest BCUT2D eigenvalue weighted by atomic mass is 127. The zero-order chi connectivity index (χ0) is 19.1. The van der Waals surface area contributed by atoms with Crippen molar-refractivity contribution in [1.29, 1.82) is 0 Å². The summed E-state index contributed by atoms with van der Waals surface area (Å²) in [7, 11) is 0. The van der Waals surface area contributed by atoms with Gasteiger partial charge in [-0.3, -0.25) is 10.1 Å². The molecule has 1 aromatic heterocycles. The Kier molecular flexibility index (Phi) is 8.72. The maximum Gasteiger partial charge on any atom is 0.193 e. The average Bonchev–Trinajstić information content (AvgIpc) is 3.20. The number of aromatic amines is 1. The summed E-state index contributed by atoms with van der Waals surface area (Å²) in [5.74, 6) is 2.52. The predicted octanol–water partition coefficient (Wildman–Crippen LogP) is 3.84. The summed E-state index contributed by atoms with van der Waals surface area (Å²) < 4.78 is 0. The van der Waals surface area contributed by atoms with Crippen molar-refractivity contribution in [2.75, 3.05) is 26.2 Å². The smallest absolute Gasteiger partial charge is 0.193 e. The number of guanidine groups is 1. The first-order chi connectivity index (χ1) is 13.1. The second-order valence-corrected chi connectivity index (χ2v) is 8.13. The summed E-state index contributed by atoms with van der Waals surface area (Å²) in [5.41, 5.74) is 1.50. The minimum absolute atomic E-state index is 0. The molecule has 0 amide bonds. The van der Waals surface area contributed by atoms with Gasteiger partial charge in [0.1, 0.15) is 12.2 Å². The number of nitrogens with zero attached hydrogens (tertiary/aromatic N) is 4. The zero-order valence-corrected chi connectivity index (χ0v) is 19.5. The number of halogens is 1. The van der Waals surface area contributed by atoms with Crippen molar-refractivity contribution >= 4 is 29.9 Å². The van der Waals surface area contributed by atoms with Crippen molar-refractivity contribution < 1.29 is 0 Å². The first-order valence-electron chi connectivity index (χ1n) is 10.00. The molecule has 6 nitrogen and oxygen atoms in total. The average molecular weight is 496 g/mol. The molecule has 2 heterocycles. The number of benzene rings is 1. The number of aromatic nitrogens is 3. The van der Waals surface area contributed by atoms with Crippen molar-refractivity contribution in [3.8, 4) is 0 Å². The van der Waals surface area contributed by atoms with Gasteiger partial charge in [-0.05, 0) is 37.2 Å². The molecule has 0 atom stereocenters. The van der Waals surface area contributed by atoms with Crippen LogP contribution in [0.1, 0.15) is 50.9 Å². The normalized spacial score (nSPS) is 16.0. The van der Waals surface area contributed by atoms with Crippen molar-refractivity contribution in [3.63, 3.8) is 0 Å². The van der Waals surface area contributed by atoms with E-state index in [1.54, 1.807) is 6.33 Å². The van der Waals surface area contributed by atoms with Crippen LogP contribution in [0.3, 0.4) is 0 Å². The van der Waals surface area contributed by atoms with Crippen LogP contribution in [0.4, 0.5) is 0 Å². The van der Waals surface area contributed by atoms with E-state index >= 15 is 0 Å². The van der Waals surface area contributed by atoms with E-state index in [0.29, 0.717) is 5.92 Å². The number of aliphatic imine (C=N–C) groups is 1. The monoisotopic (exact) mass is 496 g/mol. The molecule has 0 radical (unpaired) electrons. The molecule has 0 bridgehead atoms. The second-order valence-electron chi connectivity index (χ2n) is 8.13. The summed E-state index contributed by atoms with van der Waals surface area (Å²) in [5, 5.41) is 10.5. The zero-order valence-electron chi connectivity index (χ0n) is 17.2. The van der Waals surface area contributed by atoms with Crippen LogP contribution < -0.4 is 5.32 Å². The third-order valence-corrected chi connectivity index (χ3v) is 5.13. The number of rotatable bonds is 6. The van der Waals surface area contributed by atoms with Gasteiger partial charge in [0, 0.05) is 32.1 Å². The molecule has 7 heteroatoms. The molecule has 0 unspecified atom stereocenters. The van der Waals surface area contributed by atoms with Gasteiger partial charge in [-0.1, -0.05) is 44.2 Å². The van der Waals surface area contributed by atoms with Gasteiger partial charge in [0.05, 0.1) is 0 Å². The van der Waals surface area contributed by atoms with Crippen molar-refractivity contribution in [3.05, 3.63) is 48.0 Å². The quantitative estimate of drug-likeness (QED) is 0.363. The lowest BCUT2D eigenvalue weighted by Crippen LogP contribution is -2.45. The van der Waals surface area contributed by atoms with Gasteiger partial charge in [-0.2, -0.15) is 5.10 Å². The molecule has 1 aromatic carbocycles. The van der Waals surface area contributed by atoms with Crippen LogP contribution in [0.25, 0.3) is 0 Å². The maximum atomic E-state index is 4.99. The fourth-order valence-corrected chi connectivity index (χ4v) is 3.70. The van der Waals surface area contributed by atoms with Crippen LogP contribution in [-0.2, 0) is 6.42 Å². The Morgan fingerprint density at radius 1 is 1.25 bits per heavy atom. The SMILES string of the molecule is CCNC(=NCC(C)(C)Cc1ccccc1)N1CCC(c2ncn[nH]2)CC1.I. The molecule has 0 spiro atoms. The summed E-state index contributed by atoms with van der Waals surface area (Å²) in [4.78, 5) is 11.7. The first-order valence-corrected chi connectivity index (χ1v) is 10.00. The first kappa shape index (κ1) is 22.6. The fourth-order valence-electron chi connectivity index (χ4n) is 3.70. The molecule has 2 N–H and O–H groups in total. The Balaban J connectivity index is 0.00000280. The van der Waals surface area contributed by atoms with E-state index in [1.165, 1.54) is 5.56 Å². The van der Waals surface area contributed by atoms with E-state index in [4.69, 9.17) is 4.99 Å².